The fourth-order valence-corrected chi connectivity index (χ4v) is 5.00. The Hall–Kier alpha value is -2.63. The molecule has 1 saturated heterocycles. The number of nitrogens with zero attached hydrogens (tertiary/aromatic N) is 2. The highest BCUT2D eigenvalue weighted by Gasteiger charge is 2.49. The van der Waals surface area contributed by atoms with Gasteiger partial charge in [-0.15, -0.1) is 0 Å². The third kappa shape index (κ3) is 4.25. The molecule has 0 radical (unpaired) electrons. The van der Waals surface area contributed by atoms with Crippen molar-refractivity contribution in [3.05, 3.63) is 66.0 Å². The topological polar surface area (TPSA) is 56.5 Å². The molecule has 31 heavy (non-hydrogen) atoms. The zero-order valence-electron chi connectivity index (χ0n) is 19.3. The van der Waals surface area contributed by atoms with Crippen LogP contribution in [-0.4, -0.2) is 33.0 Å². The van der Waals surface area contributed by atoms with E-state index in [4.69, 9.17) is 14.5 Å². The summed E-state index contributed by atoms with van der Waals surface area (Å²) in [6.07, 6.45) is 2.91. The third-order valence-electron chi connectivity index (χ3n) is 5.83. The van der Waals surface area contributed by atoms with Gasteiger partial charge in [-0.2, -0.15) is 0 Å². The van der Waals surface area contributed by atoms with Crippen LogP contribution in [0, 0.1) is 6.92 Å². The van der Waals surface area contributed by atoms with E-state index in [0.29, 0.717) is 18.5 Å². The molecule has 2 aromatic carbocycles. The minimum absolute atomic E-state index is 0.464. The average molecular weight is 421 g/mol. The van der Waals surface area contributed by atoms with E-state index in [1.165, 1.54) is 5.56 Å². The van der Waals surface area contributed by atoms with Crippen LogP contribution in [0.4, 0.5) is 0 Å². The van der Waals surface area contributed by atoms with Gasteiger partial charge in [0.1, 0.15) is 17.2 Å². The molecule has 0 bridgehead atoms. The van der Waals surface area contributed by atoms with E-state index in [2.05, 4.69) is 31.2 Å². The number of aliphatic hydroxyl groups is 1. The summed E-state index contributed by atoms with van der Waals surface area (Å²) in [5.74, 6) is 1.49. The largest absolute Gasteiger partial charge is 0.496 e. The number of aromatic nitrogens is 2. The van der Waals surface area contributed by atoms with E-state index in [-0.39, 0.29) is 0 Å². The Bertz CT molecular complexity index is 1060. The van der Waals surface area contributed by atoms with E-state index in [1.54, 1.807) is 7.11 Å². The Labute approximate surface area is 184 Å². The molecule has 0 saturated carbocycles. The summed E-state index contributed by atoms with van der Waals surface area (Å²) in [6.45, 7) is 10.2. The maximum atomic E-state index is 11.8. The molecule has 0 spiro atoms. The summed E-state index contributed by atoms with van der Waals surface area (Å²) >= 11 is 0. The molecule has 2 heterocycles. The summed E-state index contributed by atoms with van der Waals surface area (Å²) in [4.78, 5) is 4.99. The maximum Gasteiger partial charge on any atom is 0.148 e. The second-order valence-corrected chi connectivity index (χ2v) is 9.86. The van der Waals surface area contributed by atoms with E-state index in [0.717, 1.165) is 22.8 Å². The van der Waals surface area contributed by atoms with Crippen LogP contribution in [0.1, 0.15) is 51.8 Å². The third-order valence-corrected chi connectivity index (χ3v) is 5.83. The molecule has 0 atom stereocenters. The Morgan fingerprint density at radius 1 is 0.968 bits per heavy atom. The lowest BCUT2D eigenvalue weighted by Crippen LogP contribution is -2.52. The number of ether oxygens (including phenoxy) is 2. The predicted octanol–water partition coefficient (Wildman–Crippen LogP) is 5.41. The summed E-state index contributed by atoms with van der Waals surface area (Å²) in [7, 11) is 1.66. The first-order valence-corrected chi connectivity index (χ1v) is 10.7. The van der Waals surface area contributed by atoms with E-state index < -0.39 is 16.8 Å². The monoisotopic (exact) mass is 420 g/mol. The number of rotatable bonds is 4. The molecule has 3 aromatic rings. The number of hydrogen-bond acceptors (Lipinski definition) is 4. The average Bonchev–Trinajstić information content (AvgIpc) is 3.12. The van der Waals surface area contributed by atoms with E-state index in [1.807, 2.05) is 62.7 Å². The molecule has 1 fully saturated rings. The van der Waals surface area contributed by atoms with Crippen LogP contribution in [0.3, 0.4) is 0 Å². The Balaban J connectivity index is 1.90. The van der Waals surface area contributed by atoms with Gasteiger partial charge in [0.05, 0.1) is 29.6 Å². The Morgan fingerprint density at radius 2 is 1.58 bits per heavy atom. The van der Waals surface area contributed by atoms with Crippen LogP contribution < -0.4 is 4.74 Å². The number of aryl methyl sites for hydroxylation is 1. The summed E-state index contributed by atoms with van der Waals surface area (Å²) in [5, 5.41) is 11.8. The maximum absolute atomic E-state index is 11.8. The first-order chi connectivity index (χ1) is 14.5. The van der Waals surface area contributed by atoms with E-state index in [9.17, 15) is 5.11 Å². The highest BCUT2D eigenvalue weighted by molar-refractivity contribution is 5.67. The highest BCUT2D eigenvalue weighted by atomic mass is 16.5. The lowest BCUT2D eigenvalue weighted by molar-refractivity contribution is -0.224. The second kappa shape index (κ2) is 7.50. The first kappa shape index (κ1) is 21.6. The molecule has 1 aliphatic heterocycles. The van der Waals surface area contributed by atoms with Crippen LogP contribution >= 0.6 is 0 Å². The highest BCUT2D eigenvalue weighted by Crippen LogP contribution is 2.46. The molecule has 1 aromatic heterocycles. The Morgan fingerprint density at radius 3 is 2.19 bits per heavy atom. The molecule has 0 aliphatic carbocycles. The van der Waals surface area contributed by atoms with Crippen molar-refractivity contribution in [3.63, 3.8) is 0 Å². The van der Waals surface area contributed by atoms with Gasteiger partial charge in [0.15, 0.2) is 0 Å². The van der Waals surface area contributed by atoms with Gasteiger partial charge in [0.2, 0.25) is 0 Å². The second-order valence-electron chi connectivity index (χ2n) is 9.86. The SMILES string of the molecule is COc1ccccc1-c1nc(C2(O)CC(C)(C)OC(C)(C)C2)cn1-c1ccc(C)cc1. The van der Waals surface area contributed by atoms with Gasteiger partial charge in [-0.3, -0.25) is 4.57 Å². The van der Waals surface area contributed by atoms with Crippen molar-refractivity contribution >= 4 is 0 Å². The summed E-state index contributed by atoms with van der Waals surface area (Å²) in [6, 6.07) is 16.1. The molecule has 1 N–H and O–H groups in total. The minimum Gasteiger partial charge on any atom is -0.496 e. The van der Waals surface area contributed by atoms with Crippen molar-refractivity contribution in [1.29, 1.82) is 0 Å². The van der Waals surface area contributed by atoms with Crippen molar-refractivity contribution < 1.29 is 14.6 Å². The molecular weight excluding hydrogens is 388 g/mol. The zero-order valence-corrected chi connectivity index (χ0v) is 19.3. The van der Waals surface area contributed by atoms with Gasteiger partial charge in [-0.1, -0.05) is 29.8 Å². The molecule has 0 amide bonds. The van der Waals surface area contributed by atoms with Gasteiger partial charge >= 0.3 is 0 Å². The molecular formula is C26H32N2O3. The molecule has 164 valence electrons. The molecule has 4 rings (SSSR count). The van der Waals surface area contributed by atoms with Gasteiger partial charge in [0, 0.05) is 24.7 Å². The van der Waals surface area contributed by atoms with Gasteiger partial charge < -0.3 is 14.6 Å². The van der Waals surface area contributed by atoms with Crippen LogP contribution in [0.25, 0.3) is 17.1 Å². The summed E-state index contributed by atoms with van der Waals surface area (Å²) in [5.41, 5.74) is 1.68. The van der Waals surface area contributed by atoms with Gasteiger partial charge in [-0.05, 0) is 58.9 Å². The molecule has 5 heteroatoms. The molecule has 5 nitrogen and oxygen atoms in total. The number of para-hydroxylation sites is 1. The Kier molecular flexibility index (Phi) is 5.23. The van der Waals surface area contributed by atoms with Crippen molar-refractivity contribution in [2.75, 3.05) is 7.11 Å². The first-order valence-electron chi connectivity index (χ1n) is 10.7. The molecule has 0 unspecified atom stereocenters. The van der Waals surface area contributed by atoms with Crippen LogP contribution in [0.15, 0.2) is 54.7 Å². The van der Waals surface area contributed by atoms with Crippen molar-refractivity contribution in [2.24, 2.45) is 0 Å². The summed E-state index contributed by atoms with van der Waals surface area (Å²) < 4.78 is 13.9. The smallest absolute Gasteiger partial charge is 0.148 e. The normalized spacial score (nSPS) is 19.2. The van der Waals surface area contributed by atoms with Gasteiger partial charge in [0.25, 0.3) is 0 Å². The number of hydrogen-bond donors (Lipinski definition) is 1. The molecule has 1 aliphatic rings. The number of methoxy groups -OCH3 is 1. The standard InChI is InChI=1S/C26H32N2O3/c1-18-11-13-19(14-12-18)28-15-22(26(29)16-24(2,3)31-25(4,5)17-26)27-23(28)20-9-7-8-10-21(20)30-6/h7-15,29H,16-17H2,1-6H3. The fourth-order valence-electron chi connectivity index (χ4n) is 5.00. The van der Waals surface area contributed by atoms with Crippen LogP contribution in [-0.2, 0) is 10.3 Å². The minimum atomic E-state index is -1.10. The van der Waals surface area contributed by atoms with Crippen molar-refractivity contribution in [3.8, 4) is 22.8 Å². The lowest BCUT2D eigenvalue weighted by atomic mass is 9.76. The van der Waals surface area contributed by atoms with Crippen LogP contribution in [0.2, 0.25) is 0 Å². The zero-order chi connectivity index (χ0) is 22.4. The number of benzene rings is 2. The fraction of sp³-hybridized carbons (Fsp3) is 0.423. The van der Waals surface area contributed by atoms with Gasteiger partial charge in [-0.25, -0.2) is 4.98 Å². The van der Waals surface area contributed by atoms with Crippen LogP contribution in [0.5, 0.6) is 5.75 Å². The van der Waals surface area contributed by atoms with Crippen molar-refractivity contribution in [2.45, 2.75) is 64.3 Å². The van der Waals surface area contributed by atoms with E-state index >= 15 is 0 Å². The number of imidazole rings is 1. The predicted molar refractivity (Wildman–Crippen MR) is 123 cm³/mol. The lowest BCUT2D eigenvalue weighted by Gasteiger charge is -2.49. The van der Waals surface area contributed by atoms with Crippen molar-refractivity contribution in [1.82, 2.24) is 9.55 Å². The quantitative estimate of drug-likeness (QED) is 0.613.